The van der Waals surface area contributed by atoms with E-state index in [1.165, 1.54) is 5.56 Å². The molecule has 96 valence electrons. The maximum atomic E-state index is 9.21. The molecule has 2 atom stereocenters. The molecular formula is C14H23NO2. The van der Waals surface area contributed by atoms with Gasteiger partial charge in [0.05, 0.1) is 7.11 Å². The van der Waals surface area contributed by atoms with Gasteiger partial charge in [-0.15, -0.1) is 0 Å². The van der Waals surface area contributed by atoms with Gasteiger partial charge in [0.25, 0.3) is 0 Å². The summed E-state index contributed by atoms with van der Waals surface area (Å²) in [6, 6.07) is 8.14. The average molecular weight is 237 g/mol. The average Bonchev–Trinajstić information content (AvgIpc) is 2.40. The van der Waals surface area contributed by atoms with Gasteiger partial charge in [-0.2, -0.15) is 0 Å². The Morgan fingerprint density at radius 2 is 2.18 bits per heavy atom. The Labute approximate surface area is 104 Å². The molecule has 3 nitrogen and oxygen atoms in total. The second kappa shape index (κ2) is 7.30. The minimum Gasteiger partial charge on any atom is -0.497 e. The first-order chi connectivity index (χ1) is 8.24. The molecule has 0 aromatic heterocycles. The third kappa shape index (κ3) is 4.02. The van der Waals surface area contributed by atoms with Gasteiger partial charge >= 0.3 is 0 Å². The van der Waals surface area contributed by atoms with Gasteiger partial charge in [0.1, 0.15) is 5.75 Å². The van der Waals surface area contributed by atoms with Crippen molar-refractivity contribution in [1.82, 2.24) is 0 Å². The minimum absolute atomic E-state index is 0.164. The van der Waals surface area contributed by atoms with Crippen LogP contribution in [-0.2, 0) is 0 Å². The number of rotatable bonds is 7. The SMILES string of the molecule is CCC(CC(CN)CO)c1cccc(OC)c1. The molecule has 0 aliphatic heterocycles. The number of aliphatic hydroxyl groups is 1. The highest BCUT2D eigenvalue weighted by Crippen LogP contribution is 2.28. The van der Waals surface area contributed by atoms with Crippen LogP contribution < -0.4 is 10.5 Å². The Morgan fingerprint density at radius 3 is 2.71 bits per heavy atom. The molecule has 0 heterocycles. The smallest absolute Gasteiger partial charge is 0.119 e. The summed E-state index contributed by atoms with van der Waals surface area (Å²) >= 11 is 0. The van der Waals surface area contributed by atoms with Crippen LogP contribution in [0.1, 0.15) is 31.2 Å². The van der Waals surface area contributed by atoms with Gasteiger partial charge < -0.3 is 15.6 Å². The van der Waals surface area contributed by atoms with E-state index in [1.54, 1.807) is 7.11 Å². The number of hydrogen-bond acceptors (Lipinski definition) is 3. The summed E-state index contributed by atoms with van der Waals surface area (Å²) in [6.45, 7) is 2.86. The fourth-order valence-corrected chi connectivity index (χ4v) is 2.08. The van der Waals surface area contributed by atoms with Crippen molar-refractivity contribution < 1.29 is 9.84 Å². The summed E-state index contributed by atoms with van der Waals surface area (Å²) in [5, 5.41) is 9.21. The molecule has 0 saturated heterocycles. The Kier molecular flexibility index (Phi) is 6.01. The van der Waals surface area contributed by atoms with E-state index in [0.29, 0.717) is 12.5 Å². The maximum Gasteiger partial charge on any atom is 0.119 e. The number of methoxy groups -OCH3 is 1. The van der Waals surface area contributed by atoms with Gasteiger partial charge in [-0.3, -0.25) is 0 Å². The van der Waals surface area contributed by atoms with Crippen LogP contribution in [-0.4, -0.2) is 25.4 Å². The summed E-state index contributed by atoms with van der Waals surface area (Å²) in [6.07, 6.45) is 1.97. The summed E-state index contributed by atoms with van der Waals surface area (Å²) in [5.74, 6) is 1.51. The fourth-order valence-electron chi connectivity index (χ4n) is 2.08. The standard InChI is InChI=1S/C14H23NO2/c1-3-12(7-11(9-15)10-16)13-5-4-6-14(8-13)17-2/h4-6,8,11-12,16H,3,7,9-10,15H2,1-2H3. The van der Waals surface area contributed by atoms with Crippen LogP contribution in [0.3, 0.4) is 0 Å². The molecule has 17 heavy (non-hydrogen) atoms. The van der Waals surface area contributed by atoms with Crippen LogP contribution in [0.5, 0.6) is 5.75 Å². The predicted molar refractivity (Wildman–Crippen MR) is 70.3 cm³/mol. The monoisotopic (exact) mass is 237 g/mol. The van der Waals surface area contributed by atoms with Gasteiger partial charge in [0.15, 0.2) is 0 Å². The molecule has 0 amide bonds. The number of aliphatic hydroxyl groups excluding tert-OH is 1. The van der Waals surface area contributed by atoms with E-state index in [-0.39, 0.29) is 12.5 Å². The minimum atomic E-state index is 0.164. The van der Waals surface area contributed by atoms with Gasteiger partial charge in [0.2, 0.25) is 0 Å². The first-order valence-corrected chi connectivity index (χ1v) is 6.20. The van der Waals surface area contributed by atoms with Crippen LogP contribution in [0.4, 0.5) is 0 Å². The summed E-state index contributed by atoms with van der Waals surface area (Å²) < 4.78 is 5.23. The molecule has 0 bridgehead atoms. The van der Waals surface area contributed by atoms with Crippen molar-refractivity contribution in [2.45, 2.75) is 25.7 Å². The van der Waals surface area contributed by atoms with E-state index in [1.807, 2.05) is 12.1 Å². The predicted octanol–water partition coefficient (Wildman–Crippen LogP) is 2.15. The van der Waals surface area contributed by atoms with Gasteiger partial charge in [-0.25, -0.2) is 0 Å². The Bertz CT molecular complexity index is 324. The molecule has 0 aliphatic rings. The normalized spacial score (nSPS) is 14.4. The molecular weight excluding hydrogens is 214 g/mol. The molecule has 0 fully saturated rings. The van der Waals surface area contributed by atoms with E-state index in [4.69, 9.17) is 10.5 Å². The number of ether oxygens (including phenoxy) is 1. The fraction of sp³-hybridized carbons (Fsp3) is 0.571. The summed E-state index contributed by atoms with van der Waals surface area (Å²) in [4.78, 5) is 0. The summed E-state index contributed by atoms with van der Waals surface area (Å²) in [7, 11) is 1.68. The second-order valence-electron chi connectivity index (χ2n) is 4.40. The van der Waals surface area contributed by atoms with Crippen LogP contribution in [0.2, 0.25) is 0 Å². The highest BCUT2D eigenvalue weighted by Gasteiger charge is 2.15. The van der Waals surface area contributed by atoms with Crippen molar-refractivity contribution in [1.29, 1.82) is 0 Å². The van der Waals surface area contributed by atoms with E-state index in [2.05, 4.69) is 19.1 Å². The van der Waals surface area contributed by atoms with E-state index >= 15 is 0 Å². The highest BCUT2D eigenvalue weighted by atomic mass is 16.5. The molecule has 2 unspecified atom stereocenters. The zero-order chi connectivity index (χ0) is 12.7. The molecule has 3 N–H and O–H groups in total. The number of benzene rings is 1. The molecule has 1 rings (SSSR count). The molecule has 0 radical (unpaired) electrons. The van der Waals surface area contributed by atoms with Crippen molar-refractivity contribution in [3.63, 3.8) is 0 Å². The van der Waals surface area contributed by atoms with Gasteiger partial charge in [-0.05, 0) is 48.9 Å². The Morgan fingerprint density at radius 1 is 1.41 bits per heavy atom. The van der Waals surface area contributed by atoms with Crippen molar-refractivity contribution in [2.75, 3.05) is 20.3 Å². The van der Waals surface area contributed by atoms with Crippen molar-refractivity contribution in [2.24, 2.45) is 11.7 Å². The first kappa shape index (κ1) is 14.0. The lowest BCUT2D eigenvalue weighted by Crippen LogP contribution is -2.20. The van der Waals surface area contributed by atoms with E-state index < -0.39 is 0 Å². The lowest BCUT2D eigenvalue weighted by molar-refractivity contribution is 0.214. The van der Waals surface area contributed by atoms with Crippen LogP contribution in [0.15, 0.2) is 24.3 Å². The Hall–Kier alpha value is -1.06. The zero-order valence-corrected chi connectivity index (χ0v) is 10.7. The van der Waals surface area contributed by atoms with Gasteiger partial charge in [0, 0.05) is 6.61 Å². The molecule has 1 aromatic carbocycles. The summed E-state index contributed by atoms with van der Waals surface area (Å²) in [5.41, 5.74) is 6.90. The van der Waals surface area contributed by atoms with Crippen LogP contribution in [0.25, 0.3) is 0 Å². The molecule has 0 saturated carbocycles. The topological polar surface area (TPSA) is 55.5 Å². The maximum absolute atomic E-state index is 9.21. The third-order valence-electron chi connectivity index (χ3n) is 3.27. The lowest BCUT2D eigenvalue weighted by atomic mass is 9.87. The first-order valence-electron chi connectivity index (χ1n) is 6.20. The quantitative estimate of drug-likeness (QED) is 0.764. The van der Waals surface area contributed by atoms with Crippen molar-refractivity contribution in [3.05, 3.63) is 29.8 Å². The Balaban J connectivity index is 2.77. The van der Waals surface area contributed by atoms with Gasteiger partial charge in [-0.1, -0.05) is 19.1 Å². The van der Waals surface area contributed by atoms with Crippen LogP contribution >= 0.6 is 0 Å². The highest BCUT2D eigenvalue weighted by molar-refractivity contribution is 5.30. The van der Waals surface area contributed by atoms with Crippen molar-refractivity contribution >= 4 is 0 Å². The van der Waals surface area contributed by atoms with E-state index in [9.17, 15) is 5.11 Å². The zero-order valence-electron chi connectivity index (χ0n) is 10.7. The second-order valence-corrected chi connectivity index (χ2v) is 4.40. The van der Waals surface area contributed by atoms with Crippen molar-refractivity contribution in [3.8, 4) is 5.75 Å². The molecule has 0 spiro atoms. The van der Waals surface area contributed by atoms with Crippen LogP contribution in [0, 0.1) is 5.92 Å². The number of nitrogens with two attached hydrogens (primary N) is 1. The largest absolute Gasteiger partial charge is 0.497 e. The van der Waals surface area contributed by atoms with E-state index in [0.717, 1.165) is 18.6 Å². The third-order valence-corrected chi connectivity index (χ3v) is 3.27. The molecule has 0 aliphatic carbocycles. The number of hydrogen-bond donors (Lipinski definition) is 2. The molecule has 1 aromatic rings. The lowest BCUT2D eigenvalue weighted by Gasteiger charge is -2.20. The molecule has 3 heteroatoms.